The van der Waals surface area contributed by atoms with E-state index >= 15 is 0 Å². The molecule has 0 aromatic heterocycles. The molecule has 0 saturated heterocycles. The van der Waals surface area contributed by atoms with Crippen LogP contribution in [0.25, 0.3) is 0 Å². The number of carbonyl (C=O) groups excluding carboxylic acids is 2. The molecule has 2 N–H and O–H groups in total. The number of amides is 2. The van der Waals surface area contributed by atoms with Crippen LogP contribution >= 0.6 is 0 Å². The fraction of sp³-hybridized carbons (Fsp3) is 0.333. The second-order valence-electron chi connectivity index (χ2n) is 7.31. The maximum absolute atomic E-state index is 13.3. The van der Waals surface area contributed by atoms with Gasteiger partial charge < -0.3 is 10.6 Å². The van der Waals surface area contributed by atoms with E-state index in [-0.39, 0.29) is 17.5 Å². The van der Waals surface area contributed by atoms with Crippen LogP contribution in [0, 0.1) is 24.0 Å². The highest BCUT2D eigenvalue weighted by atomic mass is 19.2. The first-order valence-corrected chi connectivity index (χ1v) is 8.92. The quantitative estimate of drug-likeness (QED) is 0.744. The normalized spacial score (nSPS) is 14.7. The summed E-state index contributed by atoms with van der Waals surface area (Å²) in [6.45, 7) is 5.97. The number of anilines is 2. The van der Waals surface area contributed by atoms with Gasteiger partial charge in [-0.2, -0.15) is 0 Å². The number of halogens is 2. The molecule has 2 aromatic rings. The lowest BCUT2D eigenvalue weighted by molar-refractivity contribution is -0.131. The molecular formula is C21H22F2N2O2. The number of rotatable bonds is 5. The standard InChI is InChI=1S/C21H22F2N2O2/c1-12(2)15-6-4-5-13(3)18(15)25-20(27)21(9-10-21)19(26)24-14-7-8-16(22)17(23)11-14/h4-8,11-12H,9-10H2,1-3H3,(H,24,26)(H,25,27). The molecular weight excluding hydrogens is 350 g/mol. The highest BCUT2D eigenvalue weighted by Crippen LogP contribution is 2.48. The van der Waals surface area contributed by atoms with E-state index < -0.39 is 23.0 Å². The molecule has 4 nitrogen and oxygen atoms in total. The Kier molecular flexibility index (Phi) is 5.00. The molecule has 0 heterocycles. The number of para-hydroxylation sites is 1. The van der Waals surface area contributed by atoms with E-state index in [0.717, 1.165) is 28.9 Å². The van der Waals surface area contributed by atoms with Gasteiger partial charge in [-0.3, -0.25) is 9.59 Å². The van der Waals surface area contributed by atoms with Crippen molar-refractivity contribution in [2.24, 2.45) is 5.41 Å². The molecule has 0 unspecified atom stereocenters. The van der Waals surface area contributed by atoms with Gasteiger partial charge in [-0.1, -0.05) is 32.0 Å². The number of aryl methyl sites for hydroxylation is 1. The van der Waals surface area contributed by atoms with Crippen LogP contribution in [0.4, 0.5) is 20.2 Å². The Morgan fingerprint density at radius 2 is 1.67 bits per heavy atom. The molecule has 2 amide bonds. The molecule has 1 aliphatic rings. The Labute approximate surface area is 157 Å². The summed E-state index contributed by atoms with van der Waals surface area (Å²) in [4.78, 5) is 25.5. The maximum atomic E-state index is 13.3. The maximum Gasteiger partial charge on any atom is 0.240 e. The Hall–Kier alpha value is -2.76. The minimum atomic E-state index is -1.18. The van der Waals surface area contributed by atoms with Crippen LogP contribution in [-0.4, -0.2) is 11.8 Å². The van der Waals surface area contributed by atoms with Crippen LogP contribution in [0.15, 0.2) is 36.4 Å². The minimum absolute atomic E-state index is 0.122. The van der Waals surface area contributed by atoms with Crippen molar-refractivity contribution in [2.45, 2.75) is 39.5 Å². The average Bonchev–Trinajstić information content (AvgIpc) is 3.41. The molecule has 2 aromatic carbocycles. The first-order chi connectivity index (χ1) is 12.7. The van der Waals surface area contributed by atoms with Gasteiger partial charge in [0.25, 0.3) is 0 Å². The number of carbonyl (C=O) groups is 2. The van der Waals surface area contributed by atoms with E-state index in [0.29, 0.717) is 12.8 Å². The summed E-state index contributed by atoms with van der Waals surface area (Å²) in [5.41, 5.74) is 1.59. The molecule has 0 bridgehead atoms. The predicted octanol–water partition coefficient (Wildman–Crippen LogP) is 4.75. The highest BCUT2D eigenvalue weighted by Gasteiger charge is 2.56. The fourth-order valence-electron chi connectivity index (χ4n) is 3.08. The first-order valence-electron chi connectivity index (χ1n) is 8.92. The second-order valence-corrected chi connectivity index (χ2v) is 7.31. The van der Waals surface area contributed by atoms with Gasteiger partial charge in [-0.05, 0) is 48.9 Å². The highest BCUT2D eigenvalue weighted by molar-refractivity contribution is 6.17. The topological polar surface area (TPSA) is 58.2 Å². The van der Waals surface area contributed by atoms with Crippen LogP contribution in [0.3, 0.4) is 0 Å². The van der Waals surface area contributed by atoms with Crippen molar-refractivity contribution in [3.63, 3.8) is 0 Å². The molecule has 1 saturated carbocycles. The van der Waals surface area contributed by atoms with Gasteiger partial charge in [0.05, 0.1) is 0 Å². The molecule has 27 heavy (non-hydrogen) atoms. The zero-order valence-electron chi connectivity index (χ0n) is 15.5. The molecule has 6 heteroatoms. The molecule has 1 aliphatic carbocycles. The number of benzene rings is 2. The predicted molar refractivity (Wildman–Crippen MR) is 101 cm³/mol. The average molecular weight is 372 g/mol. The van der Waals surface area contributed by atoms with Crippen molar-refractivity contribution in [3.8, 4) is 0 Å². The van der Waals surface area contributed by atoms with Crippen LogP contribution < -0.4 is 10.6 Å². The molecule has 0 aliphatic heterocycles. The number of hydrogen-bond donors (Lipinski definition) is 2. The summed E-state index contributed by atoms with van der Waals surface area (Å²) in [5, 5.41) is 5.44. The van der Waals surface area contributed by atoms with Gasteiger partial charge in [0.1, 0.15) is 5.41 Å². The summed E-state index contributed by atoms with van der Waals surface area (Å²) >= 11 is 0. The fourth-order valence-corrected chi connectivity index (χ4v) is 3.08. The van der Waals surface area contributed by atoms with Crippen molar-refractivity contribution >= 4 is 23.2 Å². The first kappa shape index (κ1) is 19.0. The lowest BCUT2D eigenvalue weighted by Gasteiger charge is -2.20. The molecule has 3 rings (SSSR count). The van der Waals surface area contributed by atoms with E-state index in [1.165, 1.54) is 6.07 Å². The Balaban J connectivity index is 1.79. The Morgan fingerprint density at radius 3 is 2.26 bits per heavy atom. The van der Waals surface area contributed by atoms with E-state index in [1.54, 1.807) is 0 Å². The van der Waals surface area contributed by atoms with Crippen molar-refractivity contribution in [1.82, 2.24) is 0 Å². The summed E-state index contributed by atoms with van der Waals surface area (Å²) in [5.74, 6) is -2.72. The lowest BCUT2D eigenvalue weighted by Crippen LogP contribution is -2.36. The zero-order valence-corrected chi connectivity index (χ0v) is 15.5. The third kappa shape index (κ3) is 3.70. The van der Waals surface area contributed by atoms with Gasteiger partial charge in [-0.15, -0.1) is 0 Å². The monoisotopic (exact) mass is 372 g/mol. The Bertz CT molecular complexity index is 905. The van der Waals surface area contributed by atoms with Crippen LogP contribution in [0.5, 0.6) is 0 Å². The van der Waals surface area contributed by atoms with Crippen molar-refractivity contribution in [3.05, 3.63) is 59.2 Å². The van der Waals surface area contributed by atoms with E-state index in [9.17, 15) is 18.4 Å². The molecule has 142 valence electrons. The van der Waals surface area contributed by atoms with Crippen LogP contribution in [-0.2, 0) is 9.59 Å². The molecule has 1 fully saturated rings. The Morgan fingerprint density at radius 1 is 1.00 bits per heavy atom. The number of nitrogens with one attached hydrogen (secondary N) is 2. The van der Waals surface area contributed by atoms with E-state index in [4.69, 9.17) is 0 Å². The summed E-state index contributed by atoms with van der Waals surface area (Å²) in [6, 6.07) is 8.90. The summed E-state index contributed by atoms with van der Waals surface area (Å²) < 4.78 is 26.4. The smallest absolute Gasteiger partial charge is 0.240 e. The van der Waals surface area contributed by atoms with Crippen molar-refractivity contribution in [2.75, 3.05) is 10.6 Å². The largest absolute Gasteiger partial charge is 0.325 e. The third-order valence-corrected chi connectivity index (χ3v) is 4.96. The van der Waals surface area contributed by atoms with E-state index in [2.05, 4.69) is 10.6 Å². The SMILES string of the molecule is Cc1cccc(C(C)C)c1NC(=O)C1(C(=O)Nc2ccc(F)c(F)c2)CC1. The molecule has 0 radical (unpaired) electrons. The van der Waals surface area contributed by atoms with Gasteiger partial charge in [0.2, 0.25) is 11.8 Å². The second kappa shape index (κ2) is 7.10. The van der Waals surface area contributed by atoms with Crippen molar-refractivity contribution < 1.29 is 18.4 Å². The van der Waals surface area contributed by atoms with Gasteiger partial charge in [0.15, 0.2) is 11.6 Å². The van der Waals surface area contributed by atoms with Crippen molar-refractivity contribution in [1.29, 1.82) is 0 Å². The lowest BCUT2D eigenvalue weighted by atomic mass is 9.97. The minimum Gasteiger partial charge on any atom is -0.325 e. The summed E-state index contributed by atoms with van der Waals surface area (Å²) in [6.07, 6.45) is 0.828. The van der Waals surface area contributed by atoms with Crippen LogP contribution in [0.2, 0.25) is 0 Å². The van der Waals surface area contributed by atoms with Gasteiger partial charge in [0, 0.05) is 17.4 Å². The van der Waals surface area contributed by atoms with Gasteiger partial charge in [-0.25, -0.2) is 8.78 Å². The third-order valence-electron chi connectivity index (χ3n) is 4.96. The van der Waals surface area contributed by atoms with Gasteiger partial charge >= 0.3 is 0 Å². The zero-order chi connectivity index (χ0) is 19.8. The van der Waals surface area contributed by atoms with E-state index in [1.807, 2.05) is 39.0 Å². The van der Waals surface area contributed by atoms with Crippen LogP contribution in [0.1, 0.15) is 43.7 Å². The number of hydrogen-bond acceptors (Lipinski definition) is 2. The molecule has 0 spiro atoms. The summed E-state index contributed by atoms with van der Waals surface area (Å²) in [7, 11) is 0. The molecule has 0 atom stereocenters.